The van der Waals surface area contributed by atoms with E-state index in [0.29, 0.717) is 5.92 Å². The SMILES string of the molecule is C=C.CCCC1CCC(C(C)c2cccc(C=O)c2)CC1.CCOC(C)OCC. The van der Waals surface area contributed by atoms with Crippen LogP contribution in [0.2, 0.25) is 0 Å². The van der Waals surface area contributed by atoms with E-state index in [2.05, 4.69) is 39.1 Å². The van der Waals surface area contributed by atoms with Gasteiger partial charge in [-0.25, -0.2) is 0 Å². The summed E-state index contributed by atoms with van der Waals surface area (Å²) in [5.41, 5.74) is 2.15. The molecule has 1 unspecified atom stereocenters. The molecule has 0 heterocycles. The molecule has 0 spiro atoms. The molecule has 3 nitrogen and oxygen atoms in total. The minimum absolute atomic E-state index is 0.0370. The Hall–Kier alpha value is -1.45. The van der Waals surface area contributed by atoms with Gasteiger partial charge < -0.3 is 9.47 Å². The van der Waals surface area contributed by atoms with E-state index in [0.717, 1.165) is 36.9 Å². The van der Waals surface area contributed by atoms with Gasteiger partial charge in [-0.2, -0.15) is 0 Å². The maximum absolute atomic E-state index is 10.9. The van der Waals surface area contributed by atoms with Gasteiger partial charge in [0.05, 0.1) is 0 Å². The predicted molar refractivity (Wildman–Crippen MR) is 125 cm³/mol. The molecule has 166 valence electrons. The van der Waals surface area contributed by atoms with Gasteiger partial charge >= 0.3 is 0 Å². The van der Waals surface area contributed by atoms with E-state index < -0.39 is 0 Å². The molecule has 29 heavy (non-hydrogen) atoms. The molecule has 0 amide bonds. The van der Waals surface area contributed by atoms with Crippen LogP contribution in [0.5, 0.6) is 0 Å². The first kappa shape index (κ1) is 27.5. The van der Waals surface area contributed by atoms with Crippen molar-refractivity contribution in [3.63, 3.8) is 0 Å². The number of hydrogen-bond acceptors (Lipinski definition) is 3. The zero-order valence-corrected chi connectivity index (χ0v) is 19.5. The maximum Gasteiger partial charge on any atom is 0.154 e. The molecule has 1 atom stereocenters. The molecule has 1 fully saturated rings. The normalized spacial score (nSPS) is 19.4. The average Bonchev–Trinajstić information content (AvgIpc) is 2.76. The monoisotopic (exact) mass is 404 g/mol. The Bertz CT molecular complexity index is 514. The molecular formula is C26H44O3. The van der Waals surface area contributed by atoms with Gasteiger partial charge in [-0.3, -0.25) is 4.79 Å². The molecule has 1 aliphatic carbocycles. The fourth-order valence-electron chi connectivity index (χ4n) is 4.09. The number of aldehydes is 1. The van der Waals surface area contributed by atoms with Crippen molar-refractivity contribution in [2.75, 3.05) is 13.2 Å². The second-order valence-corrected chi connectivity index (χ2v) is 7.62. The molecule has 1 saturated carbocycles. The van der Waals surface area contributed by atoms with Crippen LogP contribution in [0.1, 0.15) is 95.0 Å². The summed E-state index contributed by atoms with van der Waals surface area (Å²) in [6.07, 6.45) is 9.16. The van der Waals surface area contributed by atoms with Crippen LogP contribution in [-0.4, -0.2) is 25.8 Å². The number of hydrogen-bond donors (Lipinski definition) is 0. The zero-order chi connectivity index (χ0) is 22.1. The summed E-state index contributed by atoms with van der Waals surface area (Å²) in [7, 11) is 0. The second kappa shape index (κ2) is 17.4. The minimum atomic E-state index is -0.0370. The van der Waals surface area contributed by atoms with Crippen molar-refractivity contribution in [1.29, 1.82) is 0 Å². The van der Waals surface area contributed by atoms with Crippen LogP contribution in [0, 0.1) is 11.8 Å². The van der Waals surface area contributed by atoms with E-state index in [-0.39, 0.29) is 6.29 Å². The Labute approximate surface area is 179 Å². The average molecular weight is 405 g/mol. The third kappa shape index (κ3) is 11.3. The lowest BCUT2D eigenvalue weighted by Gasteiger charge is -2.32. The molecule has 0 aliphatic heterocycles. The third-order valence-electron chi connectivity index (χ3n) is 5.67. The highest BCUT2D eigenvalue weighted by Crippen LogP contribution is 2.39. The lowest BCUT2D eigenvalue weighted by atomic mass is 9.73. The first-order valence-corrected chi connectivity index (χ1v) is 11.3. The number of ether oxygens (including phenoxy) is 2. The fraction of sp³-hybridized carbons (Fsp3) is 0.654. The van der Waals surface area contributed by atoms with Crippen molar-refractivity contribution < 1.29 is 14.3 Å². The first-order chi connectivity index (χ1) is 14.0. The summed E-state index contributed by atoms with van der Waals surface area (Å²) < 4.78 is 10.1. The van der Waals surface area contributed by atoms with Gasteiger partial charge in [0, 0.05) is 18.8 Å². The second-order valence-electron chi connectivity index (χ2n) is 7.62. The summed E-state index contributed by atoms with van der Waals surface area (Å²) in [6.45, 7) is 17.9. The zero-order valence-electron chi connectivity index (χ0n) is 19.5. The van der Waals surface area contributed by atoms with E-state index in [4.69, 9.17) is 9.47 Å². The van der Waals surface area contributed by atoms with Crippen molar-refractivity contribution in [1.82, 2.24) is 0 Å². The Balaban J connectivity index is 0.000000664. The van der Waals surface area contributed by atoms with Crippen LogP contribution in [0.15, 0.2) is 37.4 Å². The van der Waals surface area contributed by atoms with Crippen LogP contribution in [0.3, 0.4) is 0 Å². The van der Waals surface area contributed by atoms with Crippen molar-refractivity contribution in [3.05, 3.63) is 48.6 Å². The number of rotatable bonds is 9. The van der Waals surface area contributed by atoms with Gasteiger partial charge in [0.15, 0.2) is 6.29 Å². The molecule has 0 bridgehead atoms. The van der Waals surface area contributed by atoms with Gasteiger partial charge in [0.25, 0.3) is 0 Å². The van der Waals surface area contributed by atoms with Crippen LogP contribution < -0.4 is 0 Å². The maximum atomic E-state index is 10.9. The highest BCUT2D eigenvalue weighted by molar-refractivity contribution is 5.75. The molecule has 0 saturated heterocycles. The summed E-state index contributed by atoms with van der Waals surface area (Å²) in [6, 6.07) is 8.14. The molecule has 0 aromatic heterocycles. The molecule has 3 heteroatoms. The van der Waals surface area contributed by atoms with E-state index in [1.807, 2.05) is 32.9 Å². The molecule has 1 aromatic carbocycles. The molecule has 2 rings (SSSR count). The summed E-state index contributed by atoms with van der Waals surface area (Å²) in [5, 5.41) is 0. The molecule has 0 N–H and O–H groups in total. The predicted octanol–water partition coefficient (Wildman–Crippen LogP) is 7.42. The van der Waals surface area contributed by atoms with Gasteiger partial charge in [-0.05, 0) is 63.0 Å². The van der Waals surface area contributed by atoms with E-state index in [1.54, 1.807) is 0 Å². The van der Waals surface area contributed by atoms with Crippen LogP contribution >= 0.6 is 0 Å². The highest BCUT2D eigenvalue weighted by Gasteiger charge is 2.25. The Morgan fingerprint density at radius 1 is 1.03 bits per heavy atom. The van der Waals surface area contributed by atoms with Crippen LogP contribution in [-0.2, 0) is 9.47 Å². The number of carbonyl (C=O) groups is 1. The van der Waals surface area contributed by atoms with Gasteiger partial charge in [-0.15, -0.1) is 13.2 Å². The molecule has 1 aliphatic rings. The number of benzene rings is 1. The van der Waals surface area contributed by atoms with Gasteiger partial charge in [0.2, 0.25) is 0 Å². The summed E-state index contributed by atoms with van der Waals surface area (Å²) >= 11 is 0. The van der Waals surface area contributed by atoms with Crippen molar-refractivity contribution in [2.45, 2.75) is 85.4 Å². The van der Waals surface area contributed by atoms with E-state index in [1.165, 1.54) is 44.1 Å². The lowest BCUT2D eigenvalue weighted by Crippen LogP contribution is -2.19. The quantitative estimate of drug-likeness (QED) is 0.244. The van der Waals surface area contributed by atoms with Crippen LogP contribution in [0.25, 0.3) is 0 Å². The molecular weight excluding hydrogens is 360 g/mol. The largest absolute Gasteiger partial charge is 0.353 e. The standard InChI is InChI=1S/C18H26O.C6H14O2.C2H4/c1-3-5-15-8-10-17(11-9-15)14(2)18-7-4-6-16(12-18)13-19;1-4-7-6(3)8-5-2;1-2/h4,6-7,12-15,17H,3,5,8-11H2,1-2H3;6H,4-5H2,1-3H3;1-2H2. The van der Waals surface area contributed by atoms with Crippen molar-refractivity contribution in [3.8, 4) is 0 Å². The molecule has 0 radical (unpaired) electrons. The van der Waals surface area contributed by atoms with Crippen molar-refractivity contribution >= 4 is 6.29 Å². The smallest absolute Gasteiger partial charge is 0.154 e. The third-order valence-corrected chi connectivity index (χ3v) is 5.67. The Morgan fingerprint density at radius 2 is 1.62 bits per heavy atom. The summed E-state index contributed by atoms with van der Waals surface area (Å²) in [4.78, 5) is 10.9. The first-order valence-electron chi connectivity index (χ1n) is 11.3. The lowest BCUT2D eigenvalue weighted by molar-refractivity contribution is -0.123. The van der Waals surface area contributed by atoms with E-state index in [9.17, 15) is 4.79 Å². The number of carbonyl (C=O) groups excluding carboxylic acids is 1. The topological polar surface area (TPSA) is 35.5 Å². The van der Waals surface area contributed by atoms with Gasteiger partial charge in [0.1, 0.15) is 6.29 Å². The summed E-state index contributed by atoms with van der Waals surface area (Å²) in [5.74, 6) is 2.35. The van der Waals surface area contributed by atoms with E-state index >= 15 is 0 Å². The Kier molecular flexibility index (Phi) is 16.5. The highest BCUT2D eigenvalue weighted by atomic mass is 16.7. The van der Waals surface area contributed by atoms with Crippen molar-refractivity contribution in [2.24, 2.45) is 11.8 Å². The minimum Gasteiger partial charge on any atom is -0.353 e. The fourth-order valence-corrected chi connectivity index (χ4v) is 4.09. The molecule has 1 aromatic rings. The Morgan fingerprint density at radius 3 is 2.10 bits per heavy atom. The van der Waals surface area contributed by atoms with Gasteiger partial charge in [-0.1, -0.05) is 57.7 Å². The van der Waals surface area contributed by atoms with Crippen LogP contribution in [0.4, 0.5) is 0 Å².